The highest BCUT2D eigenvalue weighted by molar-refractivity contribution is 7.80. The van der Waals surface area contributed by atoms with Crippen molar-refractivity contribution in [2.24, 2.45) is 5.73 Å². The Balaban J connectivity index is 2.27. The fourth-order valence-electron chi connectivity index (χ4n) is 1.30. The highest BCUT2D eigenvalue weighted by Gasteiger charge is 2.37. The topological polar surface area (TPSA) is 50.9 Å². The molecule has 0 atom stereocenters. The van der Waals surface area contributed by atoms with Crippen molar-refractivity contribution < 1.29 is 0 Å². The van der Waals surface area contributed by atoms with Crippen LogP contribution in [0.25, 0.3) is 0 Å². The molecule has 0 saturated heterocycles. The Morgan fingerprint density at radius 1 is 1.64 bits per heavy atom. The van der Waals surface area contributed by atoms with E-state index < -0.39 is 0 Å². The van der Waals surface area contributed by atoms with Gasteiger partial charge in [0.05, 0.1) is 5.56 Å². The van der Waals surface area contributed by atoms with E-state index >= 15 is 0 Å². The molecule has 0 bridgehead atoms. The molecule has 0 amide bonds. The number of thiocarbonyl (C=S) groups is 1. The molecule has 1 aliphatic rings. The van der Waals surface area contributed by atoms with Crippen LogP contribution in [-0.4, -0.2) is 15.5 Å². The molecular weight excluding hydrogens is 194 g/mol. The van der Waals surface area contributed by atoms with Crippen LogP contribution in [0, 0.1) is 0 Å². The van der Waals surface area contributed by atoms with E-state index in [4.69, 9.17) is 18.0 Å². The summed E-state index contributed by atoms with van der Waals surface area (Å²) < 4.78 is 0. The highest BCUT2D eigenvalue weighted by atomic mass is 32.1. The molecule has 0 aliphatic heterocycles. The van der Waals surface area contributed by atoms with Crippen molar-refractivity contribution in [1.29, 1.82) is 0 Å². The molecule has 3 N–H and O–H groups in total. The summed E-state index contributed by atoms with van der Waals surface area (Å²) in [6.07, 6.45) is 4.11. The Labute approximate surface area is 88.7 Å². The van der Waals surface area contributed by atoms with Crippen molar-refractivity contribution in [1.82, 2.24) is 4.98 Å². The van der Waals surface area contributed by atoms with Crippen LogP contribution in [0.3, 0.4) is 0 Å². The molecule has 1 heterocycles. The molecule has 1 saturated carbocycles. The minimum atomic E-state index is 0.202. The number of hydrogen-bond acceptors (Lipinski definition) is 3. The summed E-state index contributed by atoms with van der Waals surface area (Å²) >= 11 is 4.96. The number of nitrogens with zero attached hydrogens (tertiary/aromatic N) is 1. The molecular formula is C10H13N3S. The highest BCUT2D eigenvalue weighted by Crippen LogP contribution is 2.38. The second kappa shape index (κ2) is 3.20. The van der Waals surface area contributed by atoms with Gasteiger partial charge in [0.1, 0.15) is 10.8 Å². The summed E-state index contributed by atoms with van der Waals surface area (Å²) in [6.45, 7) is 2.17. The molecule has 1 aliphatic carbocycles. The van der Waals surface area contributed by atoms with Gasteiger partial charge in [-0.3, -0.25) is 0 Å². The Morgan fingerprint density at radius 3 is 2.93 bits per heavy atom. The lowest BCUT2D eigenvalue weighted by Crippen LogP contribution is -2.21. The maximum Gasteiger partial charge on any atom is 0.136 e. The summed E-state index contributed by atoms with van der Waals surface area (Å²) in [4.78, 5) is 4.64. The molecule has 0 spiro atoms. The van der Waals surface area contributed by atoms with Crippen LogP contribution in [0.5, 0.6) is 0 Å². The van der Waals surface area contributed by atoms with Gasteiger partial charge in [0.2, 0.25) is 0 Å². The van der Waals surface area contributed by atoms with Gasteiger partial charge in [-0.25, -0.2) is 4.98 Å². The molecule has 2 rings (SSSR count). The molecule has 1 aromatic heterocycles. The average Bonchev–Trinajstić information content (AvgIpc) is 2.84. The Bertz CT molecular complexity index is 371. The standard InChI is InChI=1S/C10H13N3S/c1-10(4-5-10)13-9-7(8(11)14)3-2-6-12-9/h2-3,6H,4-5H2,1H3,(H2,11,14)(H,12,13). The lowest BCUT2D eigenvalue weighted by atomic mass is 10.2. The van der Waals surface area contributed by atoms with E-state index in [2.05, 4.69) is 17.2 Å². The maximum atomic E-state index is 5.61. The van der Waals surface area contributed by atoms with E-state index in [1.54, 1.807) is 6.20 Å². The Kier molecular flexibility index (Phi) is 2.15. The molecule has 3 nitrogen and oxygen atoms in total. The second-order valence-electron chi connectivity index (χ2n) is 3.95. The van der Waals surface area contributed by atoms with Gasteiger partial charge in [0, 0.05) is 11.7 Å². The zero-order chi connectivity index (χ0) is 10.2. The lowest BCUT2D eigenvalue weighted by molar-refractivity contribution is 0.820. The number of aromatic nitrogens is 1. The van der Waals surface area contributed by atoms with Gasteiger partial charge in [-0.1, -0.05) is 12.2 Å². The van der Waals surface area contributed by atoms with E-state index in [9.17, 15) is 0 Å². The van der Waals surface area contributed by atoms with Crippen molar-refractivity contribution in [3.63, 3.8) is 0 Å². The minimum absolute atomic E-state index is 0.202. The number of nitrogens with one attached hydrogen (secondary N) is 1. The zero-order valence-electron chi connectivity index (χ0n) is 8.08. The Hall–Kier alpha value is -1.16. The van der Waals surface area contributed by atoms with Gasteiger partial charge in [-0.05, 0) is 31.9 Å². The van der Waals surface area contributed by atoms with Crippen molar-refractivity contribution in [2.45, 2.75) is 25.3 Å². The summed E-state index contributed by atoms with van der Waals surface area (Å²) in [5.74, 6) is 0.806. The quantitative estimate of drug-likeness (QED) is 0.740. The van der Waals surface area contributed by atoms with Gasteiger partial charge in [-0.15, -0.1) is 0 Å². The van der Waals surface area contributed by atoms with Crippen LogP contribution >= 0.6 is 12.2 Å². The molecule has 74 valence electrons. The van der Waals surface area contributed by atoms with E-state index in [1.807, 2.05) is 12.1 Å². The number of pyridine rings is 1. The third-order valence-electron chi connectivity index (χ3n) is 2.49. The SMILES string of the molecule is CC1(Nc2ncccc2C(N)=S)CC1. The fourth-order valence-corrected chi connectivity index (χ4v) is 1.47. The van der Waals surface area contributed by atoms with Crippen molar-refractivity contribution in [3.8, 4) is 0 Å². The van der Waals surface area contributed by atoms with Gasteiger partial charge < -0.3 is 11.1 Å². The molecule has 0 radical (unpaired) electrons. The molecule has 4 heteroatoms. The third-order valence-corrected chi connectivity index (χ3v) is 2.71. The Morgan fingerprint density at radius 2 is 2.36 bits per heavy atom. The maximum absolute atomic E-state index is 5.61. The second-order valence-corrected chi connectivity index (χ2v) is 4.39. The van der Waals surface area contributed by atoms with E-state index in [-0.39, 0.29) is 5.54 Å². The molecule has 0 aromatic carbocycles. The number of anilines is 1. The first kappa shape index (κ1) is 9.40. The fraction of sp³-hybridized carbons (Fsp3) is 0.400. The largest absolute Gasteiger partial charge is 0.389 e. The van der Waals surface area contributed by atoms with Crippen LogP contribution in [-0.2, 0) is 0 Å². The summed E-state index contributed by atoms with van der Waals surface area (Å²) in [6, 6.07) is 3.73. The first-order chi connectivity index (χ1) is 6.61. The third kappa shape index (κ3) is 1.85. The van der Waals surface area contributed by atoms with E-state index in [1.165, 1.54) is 12.8 Å². The number of rotatable bonds is 3. The smallest absolute Gasteiger partial charge is 0.136 e. The van der Waals surface area contributed by atoms with Crippen LogP contribution in [0.4, 0.5) is 5.82 Å². The zero-order valence-corrected chi connectivity index (χ0v) is 8.90. The van der Waals surface area contributed by atoms with Crippen molar-refractivity contribution in [3.05, 3.63) is 23.9 Å². The van der Waals surface area contributed by atoms with E-state index in [0.717, 1.165) is 11.4 Å². The molecule has 0 unspecified atom stereocenters. The summed E-state index contributed by atoms with van der Waals surface area (Å²) in [5.41, 5.74) is 6.64. The predicted molar refractivity (Wildman–Crippen MR) is 61.4 cm³/mol. The minimum Gasteiger partial charge on any atom is -0.389 e. The van der Waals surface area contributed by atoms with Crippen LogP contribution in [0.2, 0.25) is 0 Å². The summed E-state index contributed by atoms with van der Waals surface area (Å²) in [5, 5.41) is 3.36. The number of hydrogen-bond donors (Lipinski definition) is 2. The normalized spacial score (nSPS) is 17.5. The first-order valence-corrected chi connectivity index (χ1v) is 5.05. The monoisotopic (exact) mass is 207 g/mol. The average molecular weight is 207 g/mol. The predicted octanol–water partition coefficient (Wildman–Crippen LogP) is 1.68. The van der Waals surface area contributed by atoms with Crippen molar-refractivity contribution >= 4 is 23.0 Å². The van der Waals surface area contributed by atoms with Crippen molar-refractivity contribution in [2.75, 3.05) is 5.32 Å². The number of nitrogens with two attached hydrogens (primary N) is 1. The van der Waals surface area contributed by atoms with E-state index in [0.29, 0.717) is 4.99 Å². The van der Waals surface area contributed by atoms with Crippen LogP contribution < -0.4 is 11.1 Å². The molecule has 1 aromatic rings. The van der Waals surface area contributed by atoms with Gasteiger partial charge in [0.25, 0.3) is 0 Å². The van der Waals surface area contributed by atoms with Gasteiger partial charge in [-0.2, -0.15) is 0 Å². The molecule has 14 heavy (non-hydrogen) atoms. The molecule has 1 fully saturated rings. The summed E-state index contributed by atoms with van der Waals surface area (Å²) in [7, 11) is 0. The van der Waals surface area contributed by atoms with Crippen LogP contribution in [0.1, 0.15) is 25.3 Å². The van der Waals surface area contributed by atoms with Gasteiger partial charge in [0.15, 0.2) is 0 Å². The first-order valence-electron chi connectivity index (χ1n) is 4.64. The lowest BCUT2D eigenvalue weighted by Gasteiger charge is -2.14. The van der Waals surface area contributed by atoms with Gasteiger partial charge >= 0.3 is 0 Å². The van der Waals surface area contributed by atoms with Crippen LogP contribution in [0.15, 0.2) is 18.3 Å².